The third kappa shape index (κ3) is 5.72. The van der Waals surface area contributed by atoms with Crippen LogP contribution in [0.3, 0.4) is 0 Å². The minimum absolute atomic E-state index is 0.750. The van der Waals surface area contributed by atoms with Crippen molar-refractivity contribution >= 4 is 17.0 Å². The van der Waals surface area contributed by atoms with Gasteiger partial charge in [-0.15, -0.1) is 0 Å². The van der Waals surface area contributed by atoms with E-state index in [0.29, 0.717) is 0 Å². The summed E-state index contributed by atoms with van der Waals surface area (Å²) in [6.45, 7) is 7.52. The molecule has 1 heterocycles. The Labute approximate surface area is 191 Å². The highest BCUT2D eigenvalue weighted by Gasteiger charge is 2.09. The Balaban J connectivity index is 1.57. The van der Waals surface area contributed by atoms with Gasteiger partial charge in [0.2, 0.25) is 0 Å². The summed E-state index contributed by atoms with van der Waals surface area (Å²) in [4.78, 5) is 11.7. The molecule has 172 valence electrons. The van der Waals surface area contributed by atoms with Gasteiger partial charge in [0.05, 0.1) is 25.3 Å². The number of nitrogens with zero attached hydrogens (tertiary/aromatic N) is 4. The zero-order valence-corrected chi connectivity index (χ0v) is 19.9. The van der Waals surface area contributed by atoms with Crippen LogP contribution in [0.4, 0.5) is 0 Å². The van der Waals surface area contributed by atoms with Crippen molar-refractivity contribution < 1.29 is 9.47 Å². The zero-order chi connectivity index (χ0) is 22.9. The predicted molar refractivity (Wildman–Crippen MR) is 131 cm³/mol. The van der Waals surface area contributed by atoms with E-state index in [1.54, 1.807) is 14.2 Å². The molecule has 32 heavy (non-hydrogen) atoms. The fraction of sp³-hybridized carbons (Fsp3) is 0.440. The van der Waals surface area contributed by atoms with Gasteiger partial charge in [-0.1, -0.05) is 18.2 Å². The number of benzene rings is 2. The molecule has 3 aromatic rings. The van der Waals surface area contributed by atoms with Gasteiger partial charge in [0.25, 0.3) is 0 Å². The first-order valence-corrected chi connectivity index (χ1v) is 11.2. The Morgan fingerprint density at radius 2 is 1.91 bits per heavy atom. The van der Waals surface area contributed by atoms with Crippen LogP contribution in [-0.4, -0.2) is 61.3 Å². The lowest BCUT2D eigenvalue weighted by molar-refractivity contribution is 0.354. The van der Waals surface area contributed by atoms with Crippen LogP contribution >= 0.6 is 0 Å². The van der Waals surface area contributed by atoms with Crippen molar-refractivity contribution in [1.29, 1.82) is 0 Å². The number of likely N-dealkylation sites (N-methyl/N-ethyl adjacent to an activating group) is 1. The number of hydrogen-bond donors (Lipinski definition) is 1. The lowest BCUT2D eigenvalue weighted by Gasteiger charge is -2.22. The molecule has 0 aliphatic carbocycles. The minimum Gasteiger partial charge on any atom is -0.493 e. The molecule has 3 rings (SSSR count). The van der Waals surface area contributed by atoms with Gasteiger partial charge >= 0.3 is 0 Å². The highest BCUT2D eigenvalue weighted by atomic mass is 16.5. The lowest BCUT2D eigenvalue weighted by atomic mass is 10.1. The van der Waals surface area contributed by atoms with Gasteiger partial charge in [-0.25, -0.2) is 4.98 Å². The highest BCUT2D eigenvalue weighted by molar-refractivity contribution is 5.79. The fourth-order valence-corrected chi connectivity index (χ4v) is 3.80. The van der Waals surface area contributed by atoms with Gasteiger partial charge in [-0.05, 0) is 56.5 Å². The molecule has 7 nitrogen and oxygen atoms in total. The summed E-state index contributed by atoms with van der Waals surface area (Å²) in [5, 5.41) is 3.41. The summed E-state index contributed by atoms with van der Waals surface area (Å²) < 4.78 is 13.0. The summed E-state index contributed by atoms with van der Waals surface area (Å²) in [6, 6.07) is 14.4. The van der Waals surface area contributed by atoms with Gasteiger partial charge in [0, 0.05) is 33.2 Å². The van der Waals surface area contributed by atoms with E-state index in [4.69, 9.17) is 14.5 Å². The number of rotatable bonds is 10. The van der Waals surface area contributed by atoms with Crippen molar-refractivity contribution in [2.24, 2.45) is 4.99 Å². The molecule has 0 spiro atoms. The number of ether oxygens (including phenoxy) is 2. The SMILES string of the molecule is CCNC(=NCCCn1c(C)nc2ccccc21)N(C)CCc1ccc(OC)c(OC)c1. The lowest BCUT2D eigenvalue weighted by Crippen LogP contribution is -2.40. The van der Waals surface area contributed by atoms with Gasteiger partial charge < -0.3 is 24.3 Å². The Morgan fingerprint density at radius 3 is 2.66 bits per heavy atom. The van der Waals surface area contributed by atoms with Gasteiger partial charge in [0.1, 0.15) is 5.82 Å². The molecule has 0 unspecified atom stereocenters. The quantitative estimate of drug-likeness (QED) is 0.296. The number of nitrogens with one attached hydrogen (secondary N) is 1. The molecular weight excluding hydrogens is 402 g/mol. The second-order valence-electron chi connectivity index (χ2n) is 7.75. The molecule has 0 aliphatic rings. The number of imidazole rings is 1. The maximum absolute atomic E-state index is 5.42. The second kappa shape index (κ2) is 11.4. The smallest absolute Gasteiger partial charge is 0.193 e. The largest absolute Gasteiger partial charge is 0.493 e. The first-order chi connectivity index (χ1) is 15.6. The Kier molecular flexibility index (Phi) is 8.36. The molecule has 0 radical (unpaired) electrons. The van der Waals surface area contributed by atoms with Crippen molar-refractivity contribution in [1.82, 2.24) is 19.8 Å². The summed E-state index contributed by atoms with van der Waals surface area (Å²) in [5.41, 5.74) is 3.44. The number of aryl methyl sites for hydroxylation is 2. The van der Waals surface area contributed by atoms with E-state index in [9.17, 15) is 0 Å². The molecule has 2 aromatic carbocycles. The maximum atomic E-state index is 5.42. The summed E-state index contributed by atoms with van der Waals surface area (Å²) in [6.07, 6.45) is 1.85. The van der Waals surface area contributed by atoms with Crippen LogP contribution in [0, 0.1) is 6.92 Å². The summed E-state index contributed by atoms with van der Waals surface area (Å²) >= 11 is 0. The van der Waals surface area contributed by atoms with Crippen molar-refractivity contribution in [3.05, 3.63) is 53.9 Å². The normalized spacial score (nSPS) is 11.6. The van der Waals surface area contributed by atoms with E-state index in [1.165, 1.54) is 11.1 Å². The van der Waals surface area contributed by atoms with Crippen LogP contribution in [0.25, 0.3) is 11.0 Å². The standard InChI is InChI=1S/C25H35N5O2/c1-6-26-25(29(3)17-14-20-12-13-23(31-4)24(18-20)32-5)27-15-9-16-30-19(2)28-21-10-7-8-11-22(21)30/h7-8,10-13,18H,6,9,14-17H2,1-5H3,(H,26,27). The monoisotopic (exact) mass is 437 g/mol. The van der Waals surface area contributed by atoms with E-state index in [1.807, 2.05) is 18.2 Å². The minimum atomic E-state index is 0.750. The molecule has 1 N–H and O–H groups in total. The van der Waals surface area contributed by atoms with Gasteiger partial charge in [0.15, 0.2) is 17.5 Å². The van der Waals surface area contributed by atoms with Crippen LogP contribution in [0.2, 0.25) is 0 Å². The van der Waals surface area contributed by atoms with Crippen LogP contribution in [0.1, 0.15) is 24.7 Å². The molecule has 1 aromatic heterocycles. The van der Waals surface area contributed by atoms with Crippen molar-refractivity contribution in [2.45, 2.75) is 33.2 Å². The van der Waals surface area contributed by atoms with Crippen molar-refractivity contribution in [3.63, 3.8) is 0 Å². The molecule has 0 fully saturated rings. The molecule has 0 amide bonds. The molecule has 7 heteroatoms. The topological polar surface area (TPSA) is 63.9 Å². The number of methoxy groups -OCH3 is 2. The van der Waals surface area contributed by atoms with E-state index in [-0.39, 0.29) is 0 Å². The fourth-order valence-electron chi connectivity index (χ4n) is 3.80. The van der Waals surface area contributed by atoms with E-state index in [2.05, 4.69) is 64.9 Å². The third-order valence-corrected chi connectivity index (χ3v) is 5.53. The molecule has 0 aliphatic heterocycles. The number of hydrogen-bond acceptors (Lipinski definition) is 4. The van der Waals surface area contributed by atoms with Crippen molar-refractivity contribution in [2.75, 3.05) is 40.9 Å². The summed E-state index contributed by atoms with van der Waals surface area (Å²) in [5.74, 6) is 3.49. The average molecular weight is 438 g/mol. The van der Waals surface area contributed by atoms with Crippen LogP contribution in [0.5, 0.6) is 11.5 Å². The number of aliphatic imine (C=N–C) groups is 1. The van der Waals surface area contributed by atoms with Gasteiger partial charge in [-0.2, -0.15) is 0 Å². The van der Waals surface area contributed by atoms with Crippen LogP contribution in [-0.2, 0) is 13.0 Å². The third-order valence-electron chi connectivity index (χ3n) is 5.53. The summed E-state index contributed by atoms with van der Waals surface area (Å²) in [7, 11) is 5.40. The molecule has 0 saturated heterocycles. The predicted octanol–water partition coefficient (Wildman–Crippen LogP) is 3.89. The first kappa shape index (κ1) is 23.4. The van der Waals surface area contributed by atoms with E-state index < -0.39 is 0 Å². The average Bonchev–Trinajstić information content (AvgIpc) is 3.14. The Bertz CT molecular complexity index is 1040. The first-order valence-electron chi connectivity index (χ1n) is 11.2. The van der Waals surface area contributed by atoms with E-state index in [0.717, 1.165) is 67.8 Å². The zero-order valence-electron chi connectivity index (χ0n) is 19.9. The molecular formula is C25H35N5O2. The maximum Gasteiger partial charge on any atom is 0.193 e. The van der Waals surface area contributed by atoms with Gasteiger partial charge in [-0.3, -0.25) is 4.99 Å². The number of guanidine groups is 1. The number of aromatic nitrogens is 2. The number of para-hydroxylation sites is 2. The highest BCUT2D eigenvalue weighted by Crippen LogP contribution is 2.27. The number of fused-ring (bicyclic) bond motifs is 1. The van der Waals surface area contributed by atoms with Crippen molar-refractivity contribution in [3.8, 4) is 11.5 Å². The Morgan fingerprint density at radius 1 is 1.12 bits per heavy atom. The van der Waals surface area contributed by atoms with Crippen LogP contribution < -0.4 is 14.8 Å². The van der Waals surface area contributed by atoms with Crippen LogP contribution in [0.15, 0.2) is 47.5 Å². The Hall–Kier alpha value is -3.22. The molecule has 0 bridgehead atoms. The molecule has 0 atom stereocenters. The second-order valence-corrected chi connectivity index (χ2v) is 7.75. The molecule has 0 saturated carbocycles. The van der Waals surface area contributed by atoms with E-state index >= 15 is 0 Å².